The standard InChI is InChI=1S/C25H22N4O4S/c1-13-8-19-21(9-14(13)2)28-24(30)23(34-25(28)26-19)11-17-10-15(3)27(16(17)4)20-7-6-18(29(31)32)12-22(20)33-5/h6-12H,1-5H3/b23-11-. The number of non-ortho nitro benzene ring substituents is 1. The SMILES string of the molecule is COc1cc([N+](=O)[O-])ccc1-n1c(C)cc(/C=c2\sc3nc4cc(C)c(C)cc4n3c2=O)c1C. The second-order valence-electron chi connectivity index (χ2n) is 8.35. The number of hydrogen-bond donors (Lipinski definition) is 0. The Morgan fingerprint density at radius 3 is 2.53 bits per heavy atom. The monoisotopic (exact) mass is 474 g/mol. The van der Waals surface area contributed by atoms with Gasteiger partial charge in [0, 0.05) is 17.5 Å². The number of imidazole rings is 1. The van der Waals surface area contributed by atoms with Gasteiger partial charge in [0.1, 0.15) is 5.75 Å². The van der Waals surface area contributed by atoms with Gasteiger partial charge in [0.2, 0.25) is 0 Å². The summed E-state index contributed by atoms with van der Waals surface area (Å²) >= 11 is 1.36. The first-order valence-electron chi connectivity index (χ1n) is 10.6. The highest BCUT2D eigenvalue weighted by Crippen LogP contribution is 2.31. The van der Waals surface area contributed by atoms with E-state index in [0.29, 0.717) is 20.9 Å². The summed E-state index contributed by atoms with van der Waals surface area (Å²) in [4.78, 5) is 29.3. The van der Waals surface area contributed by atoms with Crippen molar-refractivity contribution in [1.29, 1.82) is 0 Å². The number of thiazole rings is 1. The molecule has 3 aromatic heterocycles. The number of nitrogens with zero attached hydrogens (tertiary/aromatic N) is 4. The minimum absolute atomic E-state index is 0.0366. The lowest BCUT2D eigenvalue weighted by Gasteiger charge is -2.13. The van der Waals surface area contributed by atoms with Gasteiger partial charge in [0.15, 0.2) is 4.96 Å². The van der Waals surface area contributed by atoms with Crippen LogP contribution in [0.2, 0.25) is 0 Å². The van der Waals surface area contributed by atoms with Crippen LogP contribution in [0.4, 0.5) is 5.69 Å². The molecular weight excluding hydrogens is 452 g/mol. The Labute approximate surface area is 198 Å². The van der Waals surface area contributed by atoms with Crippen molar-refractivity contribution in [2.45, 2.75) is 27.7 Å². The van der Waals surface area contributed by atoms with Crippen LogP contribution in [0.15, 0.2) is 41.2 Å². The summed E-state index contributed by atoms with van der Waals surface area (Å²) in [6.45, 7) is 7.96. The predicted octanol–water partition coefficient (Wildman–Crippen LogP) is 4.40. The molecular formula is C25H22N4O4S. The molecule has 5 aromatic rings. The van der Waals surface area contributed by atoms with Crippen LogP contribution in [0.1, 0.15) is 28.1 Å². The van der Waals surface area contributed by atoms with E-state index in [2.05, 4.69) is 4.98 Å². The van der Waals surface area contributed by atoms with Gasteiger partial charge >= 0.3 is 0 Å². The summed E-state index contributed by atoms with van der Waals surface area (Å²) in [6.07, 6.45) is 1.88. The molecule has 9 heteroatoms. The molecule has 0 saturated carbocycles. The molecule has 0 amide bonds. The van der Waals surface area contributed by atoms with Crippen LogP contribution in [0, 0.1) is 37.8 Å². The van der Waals surface area contributed by atoms with Crippen molar-refractivity contribution in [3.63, 3.8) is 0 Å². The molecule has 0 fully saturated rings. The zero-order chi connectivity index (χ0) is 24.3. The molecule has 0 aliphatic rings. The van der Waals surface area contributed by atoms with Gasteiger partial charge in [-0.25, -0.2) is 9.38 Å². The van der Waals surface area contributed by atoms with Gasteiger partial charge < -0.3 is 9.30 Å². The van der Waals surface area contributed by atoms with E-state index in [-0.39, 0.29) is 11.2 Å². The van der Waals surface area contributed by atoms with E-state index in [1.807, 2.05) is 56.5 Å². The highest BCUT2D eigenvalue weighted by atomic mass is 32.1. The van der Waals surface area contributed by atoms with Crippen LogP contribution in [-0.4, -0.2) is 26.0 Å². The number of nitro benzene ring substituents is 1. The molecule has 3 heterocycles. The van der Waals surface area contributed by atoms with Crippen molar-refractivity contribution in [2.75, 3.05) is 7.11 Å². The average Bonchev–Trinajstić information content (AvgIpc) is 3.38. The topological polar surface area (TPSA) is 91.7 Å². The van der Waals surface area contributed by atoms with Crippen molar-refractivity contribution in [2.24, 2.45) is 0 Å². The van der Waals surface area contributed by atoms with Gasteiger partial charge in [-0.15, -0.1) is 0 Å². The van der Waals surface area contributed by atoms with E-state index in [0.717, 1.165) is 39.1 Å². The molecule has 0 saturated heterocycles. The number of nitro groups is 1. The fourth-order valence-electron chi connectivity index (χ4n) is 4.33. The molecule has 2 aromatic carbocycles. The molecule has 0 spiro atoms. The maximum absolute atomic E-state index is 13.3. The highest BCUT2D eigenvalue weighted by molar-refractivity contribution is 7.15. The zero-order valence-electron chi connectivity index (χ0n) is 19.4. The normalized spacial score (nSPS) is 12.2. The molecule has 0 radical (unpaired) electrons. The van der Waals surface area contributed by atoms with Crippen LogP contribution >= 0.6 is 11.3 Å². The molecule has 0 aliphatic carbocycles. The molecule has 0 bridgehead atoms. The Balaban J connectivity index is 1.67. The summed E-state index contributed by atoms with van der Waals surface area (Å²) in [5, 5.41) is 11.2. The van der Waals surface area contributed by atoms with Gasteiger partial charge in [-0.1, -0.05) is 11.3 Å². The quantitative estimate of drug-likeness (QED) is 0.284. The van der Waals surface area contributed by atoms with E-state index >= 15 is 0 Å². The van der Waals surface area contributed by atoms with Crippen LogP contribution in [-0.2, 0) is 0 Å². The highest BCUT2D eigenvalue weighted by Gasteiger charge is 2.18. The van der Waals surface area contributed by atoms with Crippen LogP contribution < -0.4 is 14.8 Å². The van der Waals surface area contributed by atoms with Crippen molar-refractivity contribution < 1.29 is 9.66 Å². The van der Waals surface area contributed by atoms with Gasteiger partial charge in [-0.05, 0) is 74.7 Å². The third-order valence-electron chi connectivity index (χ3n) is 6.23. The summed E-state index contributed by atoms with van der Waals surface area (Å²) in [6, 6.07) is 10.6. The minimum atomic E-state index is -0.448. The number of ether oxygens (including phenoxy) is 1. The summed E-state index contributed by atoms with van der Waals surface area (Å²) < 4.78 is 9.69. The lowest BCUT2D eigenvalue weighted by atomic mass is 10.1. The summed E-state index contributed by atoms with van der Waals surface area (Å²) in [7, 11) is 1.49. The predicted molar refractivity (Wildman–Crippen MR) is 134 cm³/mol. The Morgan fingerprint density at radius 2 is 1.82 bits per heavy atom. The number of aromatic nitrogens is 3. The van der Waals surface area contributed by atoms with Crippen molar-refractivity contribution >= 4 is 39.1 Å². The first-order chi connectivity index (χ1) is 16.2. The number of rotatable bonds is 4. The minimum Gasteiger partial charge on any atom is -0.494 e. The third kappa shape index (κ3) is 3.28. The molecule has 0 aliphatic heterocycles. The largest absolute Gasteiger partial charge is 0.494 e. The smallest absolute Gasteiger partial charge is 0.274 e. The first-order valence-corrected chi connectivity index (χ1v) is 11.5. The molecule has 0 N–H and O–H groups in total. The Kier molecular flexibility index (Phi) is 5.02. The van der Waals surface area contributed by atoms with Crippen molar-refractivity contribution in [3.8, 4) is 11.4 Å². The summed E-state index contributed by atoms with van der Waals surface area (Å²) in [5.41, 5.74) is 7.17. The first kappa shape index (κ1) is 21.8. The molecule has 172 valence electrons. The number of fused-ring (bicyclic) bond motifs is 3. The zero-order valence-corrected chi connectivity index (χ0v) is 20.2. The van der Waals surface area contributed by atoms with E-state index in [4.69, 9.17) is 4.74 Å². The van der Waals surface area contributed by atoms with Gasteiger partial charge in [-0.2, -0.15) is 0 Å². The molecule has 34 heavy (non-hydrogen) atoms. The fourth-order valence-corrected chi connectivity index (χ4v) is 5.31. The van der Waals surface area contributed by atoms with Crippen molar-refractivity contribution in [1.82, 2.24) is 14.0 Å². The molecule has 5 rings (SSSR count). The molecule has 0 atom stereocenters. The van der Waals surface area contributed by atoms with E-state index in [1.165, 1.54) is 30.6 Å². The fraction of sp³-hybridized carbons (Fsp3) is 0.200. The number of benzene rings is 2. The van der Waals surface area contributed by atoms with Gasteiger partial charge in [-0.3, -0.25) is 14.9 Å². The molecule has 8 nitrogen and oxygen atoms in total. The number of hydrogen-bond acceptors (Lipinski definition) is 6. The Bertz CT molecular complexity index is 1740. The van der Waals surface area contributed by atoms with E-state index < -0.39 is 4.92 Å². The van der Waals surface area contributed by atoms with Crippen molar-refractivity contribution in [3.05, 3.63) is 89.5 Å². The summed E-state index contributed by atoms with van der Waals surface area (Å²) in [5.74, 6) is 0.402. The molecule has 0 unspecified atom stereocenters. The maximum Gasteiger partial charge on any atom is 0.274 e. The van der Waals surface area contributed by atoms with E-state index in [9.17, 15) is 14.9 Å². The van der Waals surface area contributed by atoms with E-state index in [1.54, 1.807) is 10.5 Å². The lowest BCUT2D eigenvalue weighted by Crippen LogP contribution is -2.22. The number of aryl methyl sites for hydroxylation is 3. The second kappa shape index (κ2) is 7.81. The second-order valence-corrected chi connectivity index (χ2v) is 9.36. The maximum atomic E-state index is 13.3. The average molecular weight is 475 g/mol. The lowest BCUT2D eigenvalue weighted by molar-refractivity contribution is -0.384. The third-order valence-corrected chi connectivity index (χ3v) is 7.20. The number of methoxy groups -OCH3 is 1. The van der Waals surface area contributed by atoms with Crippen LogP contribution in [0.3, 0.4) is 0 Å². The Hall–Kier alpha value is -3.98. The van der Waals surface area contributed by atoms with Crippen LogP contribution in [0.25, 0.3) is 27.8 Å². The Morgan fingerprint density at radius 1 is 1.09 bits per heavy atom. The van der Waals surface area contributed by atoms with Gasteiger partial charge in [0.25, 0.3) is 11.2 Å². The van der Waals surface area contributed by atoms with Crippen LogP contribution in [0.5, 0.6) is 5.75 Å². The van der Waals surface area contributed by atoms with Gasteiger partial charge in [0.05, 0.1) is 39.4 Å².